The van der Waals surface area contributed by atoms with Gasteiger partial charge in [0, 0.05) is 19.4 Å². The van der Waals surface area contributed by atoms with E-state index < -0.39 is 5.97 Å². The minimum Gasteiger partial charge on any atom is -0.481 e. The number of carboxylic acid groups (broad SMARTS) is 1. The maximum absolute atomic E-state index is 11.8. The Morgan fingerprint density at radius 3 is 2.58 bits per heavy atom. The smallest absolute Gasteiger partial charge is 0.303 e. The third kappa shape index (κ3) is 4.51. The number of fused-ring (bicyclic) bond motifs is 2. The zero-order valence-corrected chi connectivity index (χ0v) is 11.6. The number of carbonyl (C=O) groups excluding carboxylic acids is 1. The molecule has 0 radical (unpaired) electrons. The van der Waals surface area contributed by atoms with Crippen LogP contribution in [0.2, 0.25) is 0 Å². The van der Waals surface area contributed by atoms with Crippen molar-refractivity contribution in [3.8, 4) is 0 Å². The summed E-state index contributed by atoms with van der Waals surface area (Å²) in [6.45, 7) is 0.694. The SMILES string of the molecule is O=C(O)CCCCCNC(=O)CC1CC2CCC1C2. The lowest BCUT2D eigenvalue weighted by molar-refractivity contribution is -0.137. The van der Waals surface area contributed by atoms with E-state index in [-0.39, 0.29) is 12.3 Å². The maximum atomic E-state index is 11.8. The van der Waals surface area contributed by atoms with E-state index in [0.717, 1.165) is 24.7 Å². The van der Waals surface area contributed by atoms with Crippen molar-refractivity contribution >= 4 is 11.9 Å². The lowest BCUT2D eigenvalue weighted by Gasteiger charge is -2.20. The monoisotopic (exact) mass is 267 g/mol. The number of amides is 1. The van der Waals surface area contributed by atoms with Crippen LogP contribution in [0.5, 0.6) is 0 Å². The highest BCUT2D eigenvalue weighted by atomic mass is 16.4. The van der Waals surface area contributed by atoms with Gasteiger partial charge in [0.05, 0.1) is 0 Å². The molecule has 2 aliphatic rings. The number of unbranched alkanes of at least 4 members (excludes halogenated alkanes) is 2. The lowest BCUT2D eigenvalue weighted by Crippen LogP contribution is -2.28. The Hall–Kier alpha value is -1.06. The largest absolute Gasteiger partial charge is 0.481 e. The molecule has 2 saturated carbocycles. The summed E-state index contributed by atoms with van der Waals surface area (Å²) in [6, 6.07) is 0. The minimum absolute atomic E-state index is 0.191. The molecule has 0 saturated heterocycles. The van der Waals surface area contributed by atoms with Gasteiger partial charge in [-0.3, -0.25) is 9.59 Å². The van der Waals surface area contributed by atoms with Gasteiger partial charge >= 0.3 is 5.97 Å². The van der Waals surface area contributed by atoms with E-state index >= 15 is 0 Å². The van der Waals surface area contributed by atoms with Gasteiger partial charge in [-0.05, 0) is 49.9 Å². The molecule has 3 atom stereocenters. The second-order valence-electron chi connectivity index (χ2n) is 6.19. The lowest BCUT2D eigenvalue weighted by atomic mass is 9.86. The number of carboxylic acids is 1. The van der Waals surface area contributed by atoms with Gasteiger partial charge < -0.3 is 10.4 Å². The molecule has 4 nitrogen and oxygen atoms in total. The molecule has 0 aromatic rings. The average Bonchev–Trinajstić information content (AvgIpc) is 2.95. The molecule has 0 aromatic carbocycles. The fourth-order valence-corrected chi connectivity index (χ4v) is 3.74. The summed E-state index contributed by atoms with van der Waals surface area (Å²) in [6.07, 6.45) is 8.73. The molecule has 2 fully saturated rings. The number of hydrogen-bond acceptors (Lipinski definition) is 2. The van der Waals surface area contributed by atoms with Crippen molar-refractivity contribution in [2.24, 2.45) is 17.8 Å². The molecular weight excluding hydrogens is 242 g/mol. The molecule has 2 rings (SSSR count). The van der Waals surface area contributed by atoms with Gasteiger partial charge in [0.2, 0.25) is 5.91 Å². The van der Waals surface area contributed by atoms with Gasteiger partial charge in [0.25, 0.3) is 0 Å². The van der Waals surface area contributed by atoms with Crippen LogP contribution in [0, 0.1) is 17.8 Å². The van der Waals surface area contributed by atoms with E-state index in [1.807, 2.05) is 0 Å². The summed E-state index contributed by atoms with van der Waals surface area (Å²) in [5.41, 5.74) is 0. The van der Waals surface area contributed by atoms with Crippen LogP contribution in [0.4, 0.5) is 0 Å². The van der Waals surface area contributed by atoms with Crippen molar-refractivity contribution in [3.63, 3.8) is 0 Å². The molecule has 0 spiro atoms. The van der Waals surface area contributed by atoms with Crippen LogP contribution in [0.15, 0.2) is 0 Å². The molecule has 1 amide bonds. The Morgan fingerprint density at radius 1 is 1.11 bits per heavy atom. The summed E-state index contributed by atoms with van der Waals surface area (Å²) >= 11 is 0. The highest BCUT2D eigenvalue weighted by Crippen LogP contribution is 2.49. The van der Waals surface area contributed by atoms with Crippen LogP contribution in [0.25, 0.3) is 0 Å². The molecule has 108 valence electrons. The summed E-state index contributed by atoms with van der Waals surface area (Å²) in [7, 11) is 0. The number of carbonyl (C=O) groups is 2. The van der Waals surface area contributed by atoms with Gasteiger partial charge in [-0.1, -0.05) is 12.8 Å². The molecule has 3 unspecified atom stereocenters. The second-order valence-corrected chi connectivity index (χ2v) is 6.19. The quantitative estimate of drug-likeness (QED) is 0.664. The van der Waals surface area contributed by atoms with Gasteiger partial charge in [-0.25, -0.2) is 0 Å². The van der Waals surface area contributed by atoms with Crippen LogP contribution >= 0.6 is 0 Å². The highest BCUT2D eigenvalue weighted by molar-refractivity contribution is 5.76. The Bertz CT molecular complexity index is 329. The molecule has 19 heavy (non-hydrogen) atoms. The Labute approximate surface area is 115 Å². The van der Waals surface area contributed by atoms with E-state index in [1.165, 1.54) is 25.7 Å². The topological polar surface area (TPSA) is 66.4 Å². The van der Waals surface area contributed by atoms with Crippen LogP contribution in [-0.4, -0.2) is 23.5 Å². The third-order valence-electron chi connectivity index (χ3n) is 4.72. The molecule has 0 aromatic heterocycles. The molecule has 2 N–H and O–H groups in total. The molecule has 0 aliphatic heterocycles. The Kier molecular flexibility index (Phi) is 5.23. The van der Waals surface area contributed by atoms with Gasteiger partial charge in [0.1, 0.15) is 0 Å². The first-order valence-electron chi connectivity index (χ1n) is 7.63. The van der Waals surface area contributed by atoms with E-state index in [2.05, 4.69) is 5.32 Å². The number of rotatable bonds is 8. The van der Waals surface area contributed by atoms with Crippen molar-refractivity contribution < 1.29 is 14.7 Å². The molecule has 0 heterocycles. The second kappa shape index (κ2) is 6.92. The standard InChI is InChI=1S/C15H25NO3/c17-14(16-7-3-1-2-4-15(18)19)10-13-9-11-5-6-12(13)8-11/h11-13H,1-10H2,(H,16,17)(H,18,19). The number of hydrogen-bond donors (Lipinski definition) is 2. The summed E-state index contributed by atoms with van der Waals surface area (Å²) in [5.74, 6) is 1.80. The summed E-state index contributed by atoms with van der Waals surface area (Å²) < 4.78 is 0. The van der Waals surface area contributed by atoms with E-state index in [1.54, 1.807) is 0 Å². The van der Waals surface area contributed by atoms with Crippen molar-refractivity contribution in [1.29, 1.82) is 0 Å². The predicted molar refractivity (Wildman–Crippen MR) is 72.7 cm³/mol. The zero-order valence-electron chi connectivity index (χ0n) is 11.6. The Morgan fingerprint density at radius 2 is 1.95 bits per heavy atom. The normalized spacial score (nSPS) is 28.5. The first-order valence-corrected chi connectivity index (χ1v) is 7.63. The van der Waals surface area contributed by atoms with Crippen LogP contribution in [-0.2, 0) is 9.59 Å². The fraction of sp³-hybridized carbons (Fsp3) is 0.867. The minimum atomic E-state index is -0.736. The average molecular weight is 267 g/mol. The van der Waals surface area contributed by atoms with Crippen molar-refractivity contribution in [2.45, 2.75) is 57.8 Å². The molecule has 4 heteroatoms. The van der Waals surface area contributed by atoms with Crippen LogP contribution < -0.4 is 5.32 Å². The van der Waals surface area contributed by atoms with Crippen molar-refractivity contribution in [3.05, 3.63) is 0 Å². The number of aliphatic carboxylic acids is 1. The first kappa shape index (κ1) is 14.4. The summed E-state index contributed by atoms with van der Waals surface area (Å²) in [5, 5.41) is 11.5. The summed E-state index contributed by atoms with van der Waals surface area (Å²) in [4.78, 5) is 22.1. The zero-order chi connectivity index (χ0) is 13.7. The highest BCUT2D eigenvalue weighted by Gasteiger charge is 2.39. The van der Waals surface area contributed by atoms with Crippen molar-refractivity contribution in [1.82, 2.24) is 5.32 Å². The van der Waals surface area contributed by atoms with E-state index in [4.69, 9.17) is 5.11 Å². The van der Waals surface area contributed by atoms with Gasteiger partial charge in [-0.15, -0.1) is 0 Å². The molecular formula is C15H25NO3. The predicted octanol–water partition coefficient (Wildman–Crippen LogP) is 2.57. The third-order valence-corrected chi connectivity index (χ3v) is 4.72. The van der Waals surface area contributed by atoms with Crippen LogP contribution in [0.1, 0.15) is 57.8 Å². The fourth-order valence-electron chi connectivity index (χ4n) is 3.74. The van der Waals surface area contributed by atoms with Gasteiger partial charge in [0.15, 0.2) is 0 Å². The van der Waals surface area contributed by atoms with E-state index in [9.17, 15) is 9.59 Å². The van der Waals surface area contributed by atoms with E-state index in [0.29, 0.717) is 25.3 Å². The maximum Gasteiger partial charge on any atom is 0.303 e. The van der Waals surface area contributed by atoms with Gasteiger partial charge in [-0.2, -0.15) is 0 Å². The van der Waals surface area contributed by atoms with Crippen molar-refractivity contribution in [2.75, 3.05) is 6.54 Å². The van der Waals surface area contributed by atoms with Crippen LogP contribution in [0.3, 0.4) is 0 Å². The molecule has 2 aliphatic carbocycles. The molecule has 2 bridgehead atoms. The first-order chi connectivity index (χ1) is 9.15. The Balaban J connectivity index is 1.49. The number of nitrogens with one attached hydrogen (secondary N) is 1.